The second kappa shape index (κ2) is 11.0. The third-order valence-corrected chi connectivity index (χ3v) is 6.33. The van der Waals surface area contributed by atoms with Crippen LogP contribution in [0.4, 0.5) is 10.2 Å². The van der Waals surface area contributed by atoms with E-state index in [1.54, 1.807) is 18.5 Å². The van der Waals surface area contributed by atoms with Gasteiger partial charge in [-0.25, -0.2) is 24.3 Å². The van der Waals surface area contributed by atoms with Crippen LogP contribution in [-0.2, 0) is 6.54 Å². The lowest BCUT2D eigenvalue weighted by Crippen LogP contribution is -2.45. The summed E-state index contributed by atoms with van der Waals surface area (Å²) in [6.07, 6.45) is 4.50. The fraction of sp³-hybridized carbons (Fsp3) is 0.423. The Morgan fingerprint density at radius 3 is 2.51 bits per heavy atom. The summed E-state index contributed by atoms with van der Waals surface area (Å²) in [4.78, 5) is 26.3. The van der Waals surface area contributed by atoms with Gasteiger partial charge in [0.05, 0.1) is 11.7 Å². The number of rotatable bonds is 8. The highest BCUT2D eigenvalue weighted by Gasteiger charge is 2.16. The first kappa shape index (κ1) is 24.8. The van der Waals surface area contributed by atoms with Crippen molar-refractivity contribution >= 4 is 35.6 Å². The highest BCUT2D eigenvalue weighted by molar-refractivity contribution is 5.91. The van der Waals surface area contributed by atoms with Crippen LogP contribution in [0, 0.1) is 6.92 Å². The standard InChI is InChI=1S/C26H33FN8/c1-6-33-9-11-34(12-10-33)17-20-7-8-24(29-14-20)30-16-22(27)25(28-5)21-13-23-26(31-15-21)32-19(4)35(23)18(2)3/h7-8,13-16,18H,5-6,9-12,17H2,1-4H3/b25-22+,30-16-. The van der Waals surface area contributed by atoms with Gasteiger partial charge < -0.3 is 9.47 Å². The number of likely N-dealkylation sites (N-methyl/N-ethyl adjacent to an activating group) is 1. The maximum absolute atomic E-state index is 15.1. The van der Waals surface area contributed by atoms with Crippen LogP contribution < -0.4 is 0 Å². The highest BCUT2D eigenvalue weighted by Crippen LogP contribution is 2.26. The maximum atomic E-state index is 15.1. The number of hydrogen-bond donors (Lipinski definition) is 0. The van der Waals surface area contributed by atoms with E-state index in [1.807, 2.05) is 19.1 Å². The quantitative estimate of drug-likeness (QED) is 0.445. The van der Waals surface area contributed by atoms with Gasteiger partial charge >= 0.3 is 0 Å². The number of halogens is 1. The largest absolute Gasteiger partial charge is 0.324 e. The van der Waals surface area contributed by atoms with Crippen molar-refractivity contribution in [3.05, 3.63) is 53.4 Å². The number of allylic oxidation sites excluding steroid dienone is 1. The smallest absolute Gasteiger partial charge is 0.177 e. The summed E-state index contributed by atoms with van der Waals surface area (Å²) in [5.74, 6) is 0.690. The minimum atomic E-state index is -0.604. The third-order valence-electron chi connectivity index (χ3n) is 6.33. The molecule has 0 atom stereocenters. The summed E-state index contributed by atoms with van der Waals surface area (Å²) in [5.41, 5.74) is 3.17. The molecule has 1 aliphatic rings. The van der Waals surface area contributed by atoms with Gasteiger partial charge in [-0.2, -0.15) is 0 Å². The van der Waals surface area contributed by atoms with E-state index < -0.39 is 5.83 Å². The lowest BCUT2D eigenvalue weighted by molar-refractivity contribution is 0.132. The highest BCUT2D eigenvalue weighted by atomic mass is 19.1. The van der Waals surface area contributed by atoms with E-state index in [0.717, 1.165) is 62.4 Å². The van der Waals surface area contributed by atoms with Crippen LogP contribution in [0.3, 0.4) is 0 Å². The Morgan fingerprint density at radius 2 is 1.89 bits per heavy atom. The summed E-state index contributed by atoms with van der Waals surface area (Å²) >= 11 is 0. The Morgan fingerprint density at radius 1 is 1.14 bits per heavy atom. The van der Waals surface area contributed by atoms with Crippen LogP contribution in [0.1, 0.15) is 43.8 Å². The Bertz CT molecular complexity index is 1230. The molecule has 4 heterocycles. The van der Waals surface area contributed by atoms with Crippen molar-refractivity contribution in [1.82, 2.24) is 29.3 Å². The molecule has 4 rings (SSSR count). The molecule has 0 unspecified atom stereocenters. The number of hydrogen-bond acceptors (Lipinski definition) is 7. The van der Waals surface area contributed by atoms with Crippen molar-refractivity contribution in [2.45, 2.75) is 40.3 Å². The van der Waals surface area contributed by atoms with E-state index in [1.165, 1.54) is 0 Å². The molecular formula is C26H33FN8. The van der Waals surface area contributed by atoms with Crippen molar-refractivity contribution < 1.29 is 4.39 Å². The molecule has 0 spiro atoms. The number of imidazole rings is 1. The zero-order valence-corrected chi connectivity index (χ0v) is 20.9. The zero-order valence-electron chi connectivity index (χ0n) is 20.9. The minimum absolute atomic E-state index is 0.0835. The van der Waals surface area contributed by atoms with E-state index in [-0.39, 0.29) is 11.7 Å². The van der Waals surface area contributed by atoms with Crippen molar-refractivity contribution in [1.29, 1.82) is 0 Å². The number of aryl methyl sites for hydroxylation is 1. The number of pyridine rings is 2. The first-order chi connectivity index (χ1) is 16.9. The van der Waals surface area contributed by atoms with Crippen molar-refractivity contribution in [2.24, 2.45) is 9.98 Å². The number of piperazine rings is 1. The van der Waals surface area contributed by atoms with Crippen molar-refractivity contribution in [3.8, 4) is 0 Å². The fourth-order valence-electron chi connectivity index (χ4n) is 4.47. The molecule has 35 heavy (non-hydrogen) atoms. The summed E-state index contributed by atoms with van der Waals surface area (Å²) in [5, 5.41) is 0. The first-order valence-corrected chi connectivity index (χ1v) is 12.0. The fourth-order valence-corrected chi connectivity index (χ4v) is 4.47. The summed E-state index contributed by atoms with van der Waals surface area (Å²) in [6, 6.07) is 5.84. The van der Waals surface area contributed by atoms with Gasteiger partial charge in [0, 0.05) is 56.7 Å². The van der Waals surface area contributed by atoms with Gasteiger partial charge in [0.2, 0.25) is 0 Å². The molecule has 0 N–H and O–H groups in total. The number of nitrogens with zero attached hydrogens (tertiary/aromatic N) is 8. The van der Waals surface area contributed by atoms with Gasteiger partial charge in [-0.3, -0.25) is 9.89 Å². The van der Waals surface area contributed by atoms with Gasteiger partial charge in [0.15, 0.2) is 17.3 Å². The molecule has 9 heteroatoms. The SMILES string of the molecule is C=N/C(=C(F)\C=N/c1ccc(CN2CCN(CC)CC2)cn1)c1cnc2nc(C)n(C(C)C)c2c1. The number of aliphatic imine (C=N–C) groups is 2. The van der Waals surface area contributed by atoms with E-state index in [0.29, 0.717) is 17.0 Å². The Kier molecular flexibility index (Phi) is 7.77. The van der Waals surface area contributed by atoms with E-state index in [9.17, 15) is 0 Å². The molecular weight excluding hydrogens is 443 g/mol. The molecule has 8 nitrogen and oxygen atoms in total. The summed E-state index contributed by atoms with van der Waals surface area (Å²) in [6.45, 7) is 18.1. The maximum Gasteiger partial charge on any atom is 0.177 e. The van der Waals surface area contributed by atoms with E-state index >= 15 is 4.39 Å². The predicted octanol–water partition coefficient (Wildman–Crippen LogP) is 4.59. The molecule has 1 fully saturated rings. The second-order valence-corrected chi connectivity index (χ2v) is 9.04. The van der Waals surface area contributed by atoms with Crippen LogP contribution in [0.2, 0.25) is 0 Å². The van der Waals surface area contributed by atoms with Crippen LogP contribution in [-0.4, -0.2) is 75.0 Å². The molecule has 0 radical (unpaired) electrons. The molecule has 1 aliphatic heterocycles. The zero-order chi connectivity index (χ0) is 24.9. The average Bonchev–Trinajstić information content (AvgIpc) is 3.20. The van der Waals surface area contributed by atoms with Crippen LogP contribution in [0.15, 0.2) is 46.4 Å². The van der Waals surface area contributed by atoms with Gasteiger partial charge in [0.1, 0.15) is 11.5 Å². The molecule has 184 valence electrons. The normalized spacial score (nSPS) is 16.4. The Labute approximate surface area is 206 Å². The summed E-state index contributed by atoms with van der Waals surface area (Å²) < 4.78 is 17.1. The van der Waals surface area contributed by atoms with Gasteiger partial charge in [-0.05, 0) is 51.7 Å². The molecule has 3 aromatic rings. The Balaban J connectivity index is 1.49. The molecule has 0 aliphatic carbocycles. The van der Waals surface area contributed by atoms with Crippen molar-refractivity contribution in [3.63, 3.8) is 0 Å². The Hall–Kier alpha value is -3.30. The molecule has 0 aromatic carbocycles. The van der Waals surface area contributed by atoms with Crippen LogP contribution in [0.5, 0.6) is 0 Å². The monoisotopic (exact) mass is 476 g/mol. The molecule has 1 saturated heterocycles. The number of aromatic nitrogens is 4. The van der Waals surface area contributed by atoms with E-state index in [2.05, 4.69) is 66.8 Å². The lowest BCUT2D eigenvalue weighted by atomic mass is 10.2. The predicted molar refractivity (Wildman–Crippen MR) is 140 cm³/mol. The number of fused-ring (bicyclic) bond motifs is 1. The second-order valence-electron chi connectivity index (χ2n) is 9.04. The molecule has 0 amide bonds. The minimum Gasteiger partial charge on any atom is -0.324 e. The average molecular weight is 477 g/mol. The van der Waals surface area contributed by atoms with Gasteiger partial charge in [-0.15, -0.1) is 0 Å². The topological polar surface area (TPSA) is 74.8 Å². The van der Waals surface area contributed by atoms with Gasteiger partial charge in [0.25, 0.3) is 0 Å². The summed E-state index contributed by atoms with van der Waals surface area (Å²) in [7, 11) is 0. The van der Waals surface area contributed by atoms with Crippen molar-refractivity contribution in [2.75, 3.05) is 32.7 Å². The lowest BCUT2D eigenvalue weighted by Gasteiger charge is -2.33. The van der Waals surface area contributed by atoms with E-state index in [4.69, 9.17) is 0 Å². The molecule has 0 saturated carbocycles. The third kappa shape index (κ3) is 5.68. The first-order valence-electron chi connectivity index (χ1n) is 12.0. The van der Waals surface area contributed by atoms with Crippen LogP contribution in [0.25, 0.3) is 16.9 Å². The van der Waals surface area contributed by atoms with Crippen LogP contribution >= 0.6 is 0 Å². The molecule has 3 aromatic heterocycles. The molecule has 0 bridgehead atoms. The van der Waals surface area contributed by atoms with Gasteiger partial charge in [-0.1, -0.05) is 13.0 Å².